The number of carbonyl (C=O) groups is 1. The second kappa shape index (κ2) is 5.35. The maximum atomic E-state index is 10.8. The second-order valence-electron chi connectivity index (χ2n) is 5.56. The molecule has 2 aromatic carbocycles. The SMILES string of the molecule is O=Cc1ccc(Cc2c3c(nc4ccccc24)COC3)cc1. The van der Waals surface area contributed by atoms with Crippen LogP contribution < -0.4 is 0 Å². The van der Waals surface area contributed by atoms with E-state index in [1.165, 1.54) is 22.1 Å². The Labute approximate surface area is 128 Å². The van der Waals surface area contributed by atoms with Crippen LogP contribution in [0.1, 0.15) is 32.7 Å². The zero-order valence-electron chi connectivity index (χ0n) is 12.1. The Morgan fingerprint density at radius 1 is 1.05 bits per heavy atom. The number of fused-ring (bicyclic) bond motifs is 2. The molecule has 3 nitrogen and oxygen atoms in total. The largest absolute Gasteiger partial charge is 0.370 e. The zero-order valence-corrected chi connectivity index (χ0v) is 12.1. The van der Waals surface area contributed by atoms with Crippen LogP contribution in [0.25, 0.3) is 10.9 Å². The number of aromatic nitrogens is 1. The Morgan fingerprint density at radius 2 is 1.86 bits per heavy atom. The molecule has 1 aliphatic heterocycles. The van der Waals surface area contributed by atoms with Gasteiger partial charge in [0.1, 0.15) is 6.29 Å². The van der Waals surface area contributed by atoms with E-state index in [4.69, 9.17) is 9.72 Å². The summed E-state index contributed by atoms with van der Waals surface area (Å²) in [5, 5.41) is 1.19. The molecule has 3 heteroatoms. The molecule has 0 aliphatic carbocycles. The highest BCUT2D eigenvalue weighted by atomic mass is 16.5. The number of ether oxygens (including phenoxy) is 1. The summed E-state index contributed by atoms with van der Waals surface area (Å²) in [7, 11) is 0. The minimum atomic E-state index is 0.594. The van der Waals surface area contributed by atoms with Gasteiger partial charge in [0.05, 0.1) is 24.4 Å². The predicted octanol–water partition coefficient (Wildman–Crippen LogP) is 3.67. The molecule has 0 atom stereocenters. The number of pyridine rings is 1. The van der Waals surface area contributed by atoms with E-state index < -0.39 is 0 Å². The molecule has 0 N–H and O–H groups in total. The molecule has 0 radical (unpaired) electrons. The minimum absolute atomic E-state index is 0.594. The van der Waals surface area contributed by atoms with Crippen LogP contribution in [0.4, 0.5) is 0 Å². The molecule has 1 aromatic heterocycles. The van der Waals surface area contributed by atoms with Gasteiger partial charge in [0, 0.05) is 16.5 Å². The molecule has 0 fully saturated rings. The summed E-state index contributed by atoms with van der Waals surface area (Å²) < 4.78 is 5.59. The first-order valence-corrected chi connectivity index (χ1v) is 7.36. The first kappa shape index (κ1) is 13.2. The molecule has 22 heavy (non-hydrogen) atoms. The van der Waals surface area contributed by atoms with Crippen LogP contribution >= 0.6 is 0 Å². The highest BCUT2D eigenvalue weighted by Gasteiger charge is 2.19. The van der Waals surface area contributed by atoms with Crippen molar-refractivity contribution in [3.05, 3.63) is 76.5 Å². The van der Waals surface area contributed by atoms with Crippen LogP contribution in [-0.2, 0) is 24.4 Å². The second-order valence-corrected chi connectivity index (χ2v) is 5.56. The maximum absolute atomic E-state index is 10.8. The van der Waals surface area contributed by atoms with Gasteiger partial charge in [0.15, 0.2) is 0 Å². The van der Waals surface area contributed by atoms with Gasteiger partial charge in [0.25, 0.3) is 0 Å². The Kier molecular flexibility index (Phi) is 3.20. The van der Waals surface area contributed by atoms with Gasteiger partial charge in [-0.3, -0.25) is 4.79 Å². The third kappa shape index (κ3) is 2.20. The van der Waals surface area contributed by atoms with E-state index in [1.54, 1.807) is 0 Å². The molecule has 4 rings (SSSR count). The Bertz CT molecular complexity index is 853. The van der Waals surface area contributed by atoms with Crippen LogP contribution in [0.3, 0.4) is 0 Å². The quantitative estimate of drug-likeness (QED) is 0.691. The molecule has 0 unspecified atom stereocenters. The fourth-order valence-electron chi connectivity index (χ4n) is 3.04. The lowest BCUT2D eigenvalue weighted by Gasteiger charge is -2.11. The highest BCUT2D eigenvalue weighted by Crippen LogP contribution is 2.30. The molecule has 0 spiro atoms. The Balaban J connectivity index is 1.84. The number of rotatable bonds is 3. The monoisotopic (exact) mass is 289 g/mol. The summed E-state index contributed by atoms with van der Waals surface area (Å²) in [4.78, 5) is 15.5. The summed E-state index contributed by atoms with van der Waals surface area (Å²) in [6, 6.07) is 16.0. The molecular formula is C19H15NO2. The third-order valence-corrected chi connectivity index (χ3v) is 4.18. The zero-order chi connectivity index (χ0) is 14.9. The van der Waals surface area contributed by atoms with Crippen molar-refractivity contribution in [1.29, 1.82) is 0 Å². The lowest BCUT2D eigenvalue weighted by Crippen LogP contribution is -2.00. The number of aldehydes is 1. The summed E-state index contributed by atoms with van der Waals surface area (Å²) in [5.74, 6) is 0. The molecule has 0 amide bonds. The molecule has 1 aliphatic rings. The van der Waals surface area contributed by atoms with E-state index >= 15 is 0 Å². The Morgan fingerprint density at radius 3 is 2.68 bits per heavy atom. The van der Waals surface area contributed by atoms with Crippen LogP contribution in [0.5, 0.6) is 0 Å². The van der Waals surface area contributed by atoms with Gasteiger partial charge in [0.2, 0.25) is 0 Å². The summed E-state index contributed by atoms with van der Waals surface area (Å²) in [5.41, 5.74) is 6.48. The first-order valence-electron chi connectivity index (χ1n) is 7.36. The maximum Gasteiger partial charge on any atom is 0.150 e. The number of hydrogen-bond acceptors (Lipinski definition) is 3. The highest BCUT2D eigenvalue weighted by molar-refractivity contribution is 5.84. The average molecular weight is 289 g/mol. The van der Waals surface area contributed by atoms with Gasteiger partial charge in [-0.05, 0) is 23.6 Å². The standard InChI is InChI=1S/C19H15NO2/c21-10-14-7-5-13(6-8-14)9-16-15-3-1-2-4-18(15)20-19-12-22-11-17(16)19/h1-8,10H,9,11-12H2. The summed E-state index contributed by atoms with van der Waals surface area (Å²) >= 11 is 0. The van der Waals surface area contributed by atoms with Crippen molar-refractivity contribution in [3.63, 3.8) is 0 Å². The third-order valence-electron chi connectivity index (χ3n) is 4.18. The van der Waals surface area contributed by atoms with Gasteiger partial charge in [-0.2, -0.15) is 0 Å². The van der Waals surface area contributed by atoms with Crippen LogP contribution in [0.15, 0.2) is 48.5 Å². The predicted molar refractivity (Wildman–Crippen MR) is 84.9 cm³/mol. The van der Waals surface area contributed by atoms with Gasteiger partial charge in [-0.1, -0.05) is 42.5 Å². The van der Waals surface area contributed by atoms with E-state index in [-0.39, 0.29) is 0 Å². The summed E-state index contributed by atoms with van der Waals surface area (Å²) in [6.45, 7) is 1.23. The number of para-hydroxylation sites is 1. The number of hydrogen-bond donors (Lipinski definition) is 0. The summed E-state index contributed by atoms with van der Waals surface area (Å²) in [6.07, 6.45) is 1.70. The van der Waals surface area contributed by atoms with Crippen molar-refractivity contribution in [1.82, 2.24) is 4.98 Å². The van der Waals surface area contributed by atoms with Gasteiger partial charge >= 0.3 is 0 Å². The van der Waals surface area contributed by atoms with Crippen molar-refractivity contribution in [2.75, 3.05) is 0 Å². The van der Waals surface area contributed by atoms with Crippen molar-refractivity contribution in [3.8, 4) is 0 Å². The average Bonchev–Trinajstić information content (AvgIpc) is 3.03. The Hall–Kier alpha value is -2.52. The lowest BCUT2D eigenvalue weighted by molar-refractivity contribution is 0.112. The van der Waals surface area contributed by atoms with E-state index in [1.807, 2.05) is 42.5 Å². The van der Waals surface area contributed by atoms with Gasteiger partial charge < -0.3 is 4.74 Å². The minimum Gasteiger partial charge on any atom is -0.370 e. The molecule has 108 valence electrons. The molecule has 2 heterocycles. The normalized spacial score (nSPS) is 13.3. The van der Waals surface area contributed by atoms with Crippen molar-refractivity contribution in [2.45, 2.75) is 19.6 Å². The molecular weight excluding hydrogens is 274 g/mol. The number of nitrogens with zero attached hydrogens (tertiary/aromatic N) is 1. The molecule has 0 bridgehead atoms. The van der Waals surface area contributed by atoms with E-state index in [0.29, 0.717) is 18.8 Å². The van der Waals surface area contributed by atoms with Gasteiger partial charge in [-0.15, -0.1) is 0 Å². The fourth-order valence-corrected chi connectivity index (χ4v) is 3.04. The van der Waals surface area contributed by atoms with E-state index in [9.17, 15) is 4.79 Å². The number of carbonyl (C=O) groups excluding carboxylic acids is 1. The van der Waals surface area contributed by atoms with E-state index in [2.05, 4.69) is 6.07 Å². The van der Waals surface area contributed by atoms with Crippen LogP contribution in [0.2, 0.25) is 0 Å². The van der Waals surface area contributed by atoms with Crippen molar-refractivity contribution >= 4 is 17.2 Å². The molecule has 3 aromatic rings. The van der Waals surface area contributed by atoms with Crippen LogP contribution in [-0.4, -0.2) is 11.3 Å². The van der Waals surface area contributed by atoms with Crippen molar-refractivity contribution < 1.29 is 9.53 Å². The van der Waals surface area contributed by atoms with Gasteiger partial charge in [-0.25, -0.2) is 4.98 Å². The van der Waals surface area contributed by atoms with Crippen molar-refractivity contribution in [2.24, 2.45) is 0 Å². The fraction of sp³-hybridized carbons (Fsp3) is 0.158. The van der Waals surface area contributed by atoms with E-state index in [0.717, 1.165) is 23.9 Å². The van der Waals surface area contributed by atoms with Crippen LogP contribution in [0, 0.1) is 0 Å². The topological polar surface area (TPSA) is 39.2 Å². The smallest absolute Gasteiger partial charge is 0.150 e. The number of benzene rings is 2. The molecule has 0 saturated carbocycles. The molecule has 0 saturated heterocycles. The lowest BCUT2D eigenvalue weighted by atomic mass is 9.95. The first-order chi connectivity index (χ1) is 10.8.